The maximum Gasteiger partial charge on any atom is 0.225 e. The van der Waals surface area contributed by atoms with Gasteiger partial charge in [0.25, 0.3) is 0 Å². The maximum atomic E-state index is 12.8. The Bertz CT molecular complexity index is 389. The van der Waals surface area contributed by atoms with Crippen LogP contribution in [0.15, 0.2) is 0 Å². The zero-order chi connectivity index (χ0) is 16.1. The van der Waals surface area contributed by atoms with E-state index in [-0.39, 0.29) is 29.7 Å². The van der Waals surface area contributed by atoms with Gasteiger partial charge in [0.2, 0.25) is 11.8 Å². The average molecular weight is 308 g/mol. The largest absolute Gasteiger partial charge is 0.369 e. The molecule has 4 nitrogen and oxygen atoms in total. The highest BCUT2D eigenvalue weighted by atomic mass is 16.2. The quantitative estimate of drug-likeness (QED) is 0.848. The van der Waals surface area contributed by atoms with Crippen LogP contribution in [0.3, 0.4) is 0 Å². The van der Waals surface area contributed by atoms with Gasteiger partial charge >= 0.3 is 0 Å². The van der Waals surface area contributed by atoms with Gasteiger partial charge in [0.15, 0.2) is 0 Å². The minimum absolute atomic E-state index is 0.152. The van der Waals surface area contributed by atoms with E-state index in [1.807, 2.05) is 4.90 Å². The van der Waals surface area contributed by atoms with Crippen molar-refractivity contribution >= 4 is 11.8 Å². The summed E-state index contributed by atoms with van der Waals surface area (Å²) in [5, 5.41) is 0. The molecule has 1 heterocycles. The highest BCUT2D eigenvalue weighted by Crippen LogP contribution is 2.34. The molecule has 0 aromatic carbocycles. The van der Waals surface area contributed by atoms with Crippen LogP contribution in [0.4, 0.5) is 0 Å². The number of hydrogen-bond donors (Lipinski definition) is 1. The standard InChI is InChI=1S/C18H32N2O2/c1-3-4-5-14-7-10-15(11-8-14)18(22)20-12-16(17(19)21)9-6-13(20)2/h13-16H,3-12H2,1-2H3,(H2,19,21). The second-order valence-electron chi connectivity index (χ2n) is 7.38. The van der Waals surface area contributed by atoms with Crippen LogP contribution >= 0.6 is 0 Å². The first-order chi connectivity index (χ1) is 10.5. The van der Waals surface area contributed by atoms with Crippen LogP contribution in [0.5, 0.6) is 0 Å². The van der Waals surface area contributed by atoms with E-state index in [4.69, 9.17) is 5.73 Å². The van der Waals surface area contributed by atoms with Crippen LogP contribution in [0, 0.1) is 17.8 Å². The summed E-state index contributed by atoms with van der Waals surface area (Å²) in [6.45, 7) is 4.87. The predicted octanol–water partition coefficient (Wildman–Crippen LogP) is 3.10. The molecule has 1 saturated carbocycles. The van der Waals surface area contributed by atoms with Crippen molar-refractivity contribution in [1.29, 1.82) is 0 Å². The Balaban J connectivity index is 1.87. The summed E-state index contributed by atoms with van der Waals surface area (Å²) in [6, 6.07) is 0.251. The topological polar surface area (TPSA) is 63.4 Å². The number of carbonyl (C=O) groups is 2. The van der Waals surface area contributed by atoms with Gasteiger partial charge in [0, 0.05) is 18.5 Å². The Hall–Kier alpha value is -1.06. The summed E-state index contributed by atoms with van der Waals surface area (Å²) in [5.41, 5.74) is 5.44. The van der Waals surface area contributed by atoms with Gasteiger partial charge in [-0.25, -0.2) is 0 Å². The zero-order valence-electron chi connectivity index (χ0n) is 14.2. The summed E-state index contributed by atoms with van der Waals surface area (Å²) >= 11 is 0. The Kier molecular flexibility index (Phi) is 6.27. The number of amides is 2. The van der Waals surface area contributed by atoms with Crippen molar-refractivity contribution in [3.63, 3.8) is 0 Å². The van der Waals surface area contributed by atoms with E-state index < -0.39 is 0 Å². The molecule has 1 aliphatic heterocycles. The third kappa shape index (κ3) is 4.23. The molecule has 0 bridgehead atoms. The molecule has 126 valence electrons. The highest BCUT2D eigenvalue weighted by molar-refractivity contribution is 5.82. The fourth-order valence-electron chi connectivity index (χ4n) is 4.07. The first kappa shape index (κ1) is 17.3. The van der Waals surface area contributed by atoms with E-state index >= 15 is 0 Å². The minimum atomic E-state index is -0.257. The number of piperidine rings is 1. The van der Waals surface area contributed by atoms with Crippen molar-refractivity contribution < 1.29 is 9.59 Å². The number of rotatable bonds is 5. The van der Waals surface area contributed by atoms with E-state index in [1.165, 1.54) is 32.1 Å². The second-order valence-corrected chi connectivity index (χ2v) is 7.38. The molecule has 0 spiro atoms. The maximum absolute atomic E-state index is 12.8. The molecule has 2 N–H and O–H groups in total. The molecular formula is C18H32N2O2. The molecule has 0 aromatic heterocycles. The number of likely N-dealkylation sites (tertiary alicyclic amines) is 1. The molecule has 2 fully saturated rings. The number of hydrogen-bond acceptors (Lipinski definition) is 2. The highest BCUT2D eigenvalue weighted by Gasteiger charge is 2.36. The lowest BCUT2D eigenvalue weighted by atomic mass is 9.78. The molecule has 2 aliphatic rings. The van der Waals surface area contributed by atoms with Gasteiger partial charge in [-0.15, -0.1) is 0 Å². The van der Waals surface area contributed by atoms with Crippen molar-refractivity contribution in [1.82, 2.24) is 4.90 Å². The van der Waals surface area contributed by atoms with Crippen LogP contribution < -0.4 is 5.73 Å². The second kappa shape index (κ2) is 7.98. The molecule has 1 saturated heterocycles. The number of carbonyl (C=O) groups excluding carboxylic acids is 2. The first-order valence-corrected chi connectivity index (χ1v) is 9.12. The van der Waals surface area contributed by atoms with Crippen molar-refractivity contribution in [3.8, 4) is 0 Å². The van der Waals surface area contributed by atoms with Crippen LogP contribution in [0.2, 0.25) is 0 Å². The van der Waals surface area contributed by atoms with E-state index in [0.29, 0.717) is 6.54 Å². The first-order valence-electron chi connectivity index (χ1n) is 9.12. The summed E-state index contributed by atoms with van der Waals surface area (Å²) in [4.78, 5) is 26.2. The van der Waals surface area contributed by atoms with Gasteiger partial charge in [-0.05, 0) is 51.4 Å². The predicted molar refractivity (Wildman–Crippen MR) is 88.1 cm³/mol. The van der Waals surface area contributed by atoms with Gasteiger partial charge in [0.1, 0.15) is 0 Å². The van der Waals surface area contributed by atoms with Crippen molar-refractivity contribution in [2.45, 2.75) is 77.7 Å². The van der Waals surface area contributed by atoms with Gasteiger partial charge in [-0.3, -0.25) is 9.59 Å². The van der Waals surface area contributed by atoms with Gasteiger partial charge in [-0.1, -0.05) is 26.2 Å². The van der Waals surface area contributed by atoms with E-state index in [1.54, 1.807) is 0 Å². The third-order valence-electron chi connectivity index (χ3n) is 5.73. The molecule has 1 aliphatic carbocycles. The average Bonchev–Trinajstić information content (AvgIpc) is 2.53. The molecule has 2 amide bonds. The molecule has 2 rings (SSSR count). The molecule has 0 aromatic rings. The molecular weight excluding hydrogens is 276 g/mol. The van der Waals surface area contributed by atoms with Crippen LogP contribution in [-0.4, -0.2) is 29.3 Å². The van der Waals surface area contributed by atoms with E-state index in [9.17, 15) is 9.59 Å². The van der Waals surface area contributed by atoms with Crippen molar-refractivity contribution in [2.24, 2.45) is 23.5 Å². The fourth-order valence-corrected chi connectivity index (χ4v) is 4.07. The fraction of sp³-hybridized carbons (Fsp3) is 0.889. The minimum Gasteiger partial charge on any atom is -0.369 e. The third-order valence-corrected chi connectivity index (χ3v) is 5.73. The molecule has 0 radical (unpaired) electrons. The summed E-state index contributed by atoms with van der Waals surface area (Å²) in [7, 11) is 0. The monoisotopic (exact) mass is 308 g/mol. The number of nitrogens with zero attached hydrogens (tertiary/aromatic N) is 1. The van der Waals surface area contributed by atoms with Gasteiger partial charge in [-0.2, -0.15) is 0 Å². The smallest absolute Gasteiger partial charge is 0.225 e. The molecule has 22 heavy (non-hydrogen) atoms. The Labute approximate surface area is 134 Å². The van der Waals surface area contributed by atoms with Crippen molar-refractivity contribution in [3.05, 3.63) is 0 Å². The number of nitrogens with two attached hydrogens (primary N) is 1. The van der Waals surface area contributed by atoms with Crippen LogP contribution in [0.25, 0.3) is 0 Å². The summed E-state index contributed by atoms with van der Waals surface area (Å²) in [5.74, 6) is 0.856. The van der Waals surface area contributed by atoms with Crippen LogP contribution in [-0.2, 0) is 9.59 Å². The lowest BCUT2D eigenvalue weighted by Gasteiger charge is -2.40. The normalized spacial score (nSPS) is 32.7. The summed E-state index contributed by atoms with van der Waals surface area (Å²) in [6.07, 6.45) is 10.0. The Morgan fingerprint density at radius 3 is 2.27 bits per heavy atom. The van der Waals surface area contributed by atoms with Gasteiger partial charge in [0.05, 0.1) is 5.92 Å². The zero-order valence-corrected chi connectivity index (χ0v) is 14.2. The molecule has 2 unspecified atom stereocenters. The molecule has 4 heteroatoms. The van der Waals surface area contributed by atoms with E-state index in [2.05, 4.69) is 13.8 Å². The van der Waals surface area contributed by atoms with E-state index in [0.717, 1.165) is 31.6 Å². The van der Waals surface area contributed by atoms with Crippen molar-refractivity contribution in [2.75, 3.05) is 6.54 Å². The lowest BCUT2D eigenvalue weighted by molar-refractivity contribution is -0.142. The Morgan fingerprint density at radius 2 is 1.68 bits per heavy atom. The molecule has 2 atom stereocenters. The lowest BCUT2D eigenvalue weighted by Crippen LogP contribution is -2.50. The van der Waals surface area contributed by atoms with Gasteiger partial charge < -0.3 is 10.6 Å². The number of primary amides is 1. The Morgan fingerprint density at radius 1 is 1.05 bits per heavy atom. The number of unbranched alkanes of at least 4 members (excludes halogenated alkanes) is 1. The summed E-state index contributed by atoms with van der Waals surface area (Å²) < 4.78 is 0. The SMILES string of the molecule is CCCCC1CCC(C(=O)N2CC(C(N)=O)CCC2C)CC1. The van der Waals surface area contributed by atoms with Crippen LogP contribution in [0.1, 0.15) is 71.6 Å².